The predicted molar refractivity (Wildman–Crippen MR) is 79.7 cm³/mol. The molecule has 6 heteroatoms. The maximum absolute atomic E-state index is 11.3. The lowest BCUT2D eigenvalue weighted by molar-refractivity contribution is 0.0697. The summed E-state index contributed by atoms with van der Waals surface area (Å²) in [5.41, 5.74) is 0.810. The minimum atomic E-state index is -0.935. The molecular formula is C13H15BrN2O2S. The zero-order valence-electron chi connectivity index (χ0n) is 10.8. The molecule has 102 valence electrons. The molecule has 2 heterocycles. The number of rotatable bonds is 5. The summed E-state index contributed by atoms with van der Waals surface area (Å²) in [7, 11) is 0. The fourth-order valence-electron chi connectivity index (χ4n) is 1.70. The molecule has 0 aliphatic rings. The van der Waals surface area contributed by atoms with Crippen LogP contribution in [0.5, 0.6) is 0 Å². The van der Waals surface area contributed by atoms with Crippen LogP contribution in [-0.2, 0) is 6.54 Å². The number of nitrogens with zero attached hydrogens (tertiary/aromatic N) is 2. The first-order chi connectivity index (χ1) is 8.97. The first kappa shape index (κ1) is 14.3. The van der Waals surface area contributed by atoms with Gasteiger partial charge in [0.2, 0.25) is 0 Å². The van der Waals surface area contributed by atoms with Crippen LogP contribution < -0.4 is 0 Å². The Bertz CT molecular complexity index is 589. The summed E-state index contributed by atoms with van der Waals surface area (Å²) in [4.78, 5) is 12.2. The van der Waals surface area contributed by atoms with Gasteiger partial charge in [-0.2, -0.15) is 5.10 Å². The Kier molecular flexibility index (Phi) is 4.42. The molecule has 0 spiro atoms. The summed E-state index contributed by atoms with van der Waals surface area (Å²) in [6.07, 6.45) is 2.60. The van der Waals surface area contributed by atoms with E-state index in [0.717, 1.165) is 22.3 Å². The Morgan fingerprint density at radius 1 is 1.58 bits per heavy atom. The van der Waals surface area contributed by atoms with Crippen LogP contribution in [0.2, 0.25) is 0 Å². The first-order valence-corrected chi connectivity index (χ1v) is 7.69. The van der Waals surface area contributed by atoms with E-state index in [2.05, 4.69) is 34.9 Å². The second-order valence-electron chi connectivity index (χ2n) is 4.77. The van der Waals surface area contributed by atoms with E-state index in [1.54, 1.807) is 10.9 Å². The van der Waals surface area contributed by atoms with Gasteiger partial charge in [-0.1, -0.05) is 13.8 Å². The summed E-state index contributed by atoms with van der Waals surface area (Å²) in [6, 6.07) is 1.90. The van der Waals surface area contributed by atoms with Crippen LogP contribution in [0.1, 0.15) is 30.6 Å². The summed E-state index contributed by atoms with van der Waals surface area (Å²) in [5, 5.41) is 15.6. The Hall–Kier alpha value is -1.14. The van der Waals surface area contributed by atoms with Crippen molar-refractivity contribution in [3.05, 3.63) is 27.7 Å². The number of carboxylic acid groups (broad SMARTS) is 1. The van der Waals surface area contributed by atoms with Crippen molar-refractivity contribution in [2.75, 3.05) is 0 Å². The molecule has 0 aliphatic carbocycles. The number of aromatic nitrogens is 2. The van der Waals surface area contributed by atoms with E-state index in [-0.39, 0.29) is 5.56 Å². The zero-order valence-corrected chi connectivity index (χ0v) is 13.2. The van der Waals surface area contributed by atoms with Crippen LogP contribution in [-0.4, -0.2) is 20.9 Å². The number of aromatic carboxylic acids is 1. The highest BCUT2D eigenvalue weighted by atomic mass is 79.9. The van der Waals surface area contributed by atoms with E-state index in [9.17, 15) is 9.90 Å². The molecule has 0 fully saturated rings. The molecule has 0 atom stereocenters. The van der Waals surface area contributed by atoms with Crippen LogP contribution in [0.15, 0.2) is 22.1 Å². The van der Waals surface area contributed by atoms with Gasteiger partial charge in [-0.15, -0.1) is 11.3 Å². The van der Waals surface area contributed by atoms with Crippen molar-refractivity contribution < 1.29 is 9.90 Å². The molecule has 0 aliphatic heterocycles. The lowest BCUT2D eigenvalue weighted by Crippen LogP contribution is -2.02. The Morgan fingerprint density at radius 2 is 2.32 bits per heavy atom. The van der Waals surface area contributed by atoms with Gasteiger partial charge in [-0.05, 0) is 34.3 Å². The minimum absolute atomic E-state index is 0.262. The summed E-state index contributed by atoms with van der Waals surface area (Å²) < 4.78 is 2.67. The maximum Gasteiger partial charge on any atom is 0.339 e. The van der Waals surface area contributed by atoms with Crippen LogP contribution in [0.25, 0.3) is 10.6 Å². The first-order valence-electron chi connectivity index (χ1n) is 6.02. The van der Waals surface area contributed by atoms with Crippen molar-refractivity contribution in [1.29, 1.82) is 0 Å². The van der Waals surface area contributed by atoms with E-state index in [4.69, 9.17) is 0 Å². The lowest BCUT2D eigenvalue weighted by atomic mass is 10.1. The van der Waals surface area contributed by atoms with Gasteiger partial charge < -0.3 is 5.11 Å². The number of halogens is 1. The molecule has 0 aromatic carbocycles. The van der Waals surface area contributed by atoms with Gasteiger partial charge in [-0.3, -0.25) is 4.68 Å². The largest absolute Gasteiger partial charge is 0.478 e. The van der Waals surface area contributed by atoms with Crippen LogP contribution in [0.3, 0.4) is 0 Å². The third kappa shape index (κ3) is 3.45. The molecule has 1 N–H and O–H groups in total. The van der Waals surface area contributed by atoms with E-state index >= 15 is 0 Å². The number of hydrogen-bond acceptors (Lipinski definition) is 3. The number of carboxylic acids is 1. The molecule has 19 heavy (non-hydrogen) atoms. The van der Waals surface area contributed by atoms with Gasteiger partial charge in [0, 0.05) is 22.6 Å². The number of thiophene rings is 1. The third-order valence-electron chi connectivity index (χ3n) is 2.73. The molecule has 2 aromatic rings. The van der Waals surface area contributed by atoms with Gasteiger partial charge >= 0.3 is 5.97 Å². The predicted octanol–water partition coefficient (Wildman–Crippen LogP) is 4.12. The second-order valence-corrected chi connectivity index (χ2v) is 6.60. The molecule has 0 amide bonds. The summed E-state index contributed by atoms with van der Waals surface area (Å²) in [6.45, 7) is 5.02. The number of carbonyl (C=O) groups is 1. The monoisotopic (exact) mass is 342 g/mol. The van der Waals surface area contributed by atoms with Crippen LogP contribution >= 0.6 is 27.3 Å². The molecule has 2 rings (SSSR count). The van der Waals surface area contributed by atoms with Gasteiger partial charge in [0.1, 0.15) is 11.3 Å². The normalized spacial score (nSPS) is 11.2. The van der Waals surface area contributed by atoms with Crippen molar-refractivity contribution in [2.45, 2.75) is 26.8 Å². The number of hydrogen-bond donors (Lipinski definition) is 1. The standard InChI is InChI=1S/C13H15BrN2O2S/c1-8(2)3-4-16-6-10(13(17)18)12(15-16)11-5-9(14)7-19-11/h5-8H,3-4H2,1-2H3,(H,17,18). The highest BCUT2D eigenvalue weighted by Crippen LogP contribution is 2.31. The average Bonchev–Trinajstić information content (AvgIpc) is 2.92. The molecular weight excluding hydrogens is 328 g/mol. The molecule has 0 unspecified atom stereocenters. The van der Waals surface area contributed by atoms with E-state index in [1.807, 2.05) is 11.4 Å². The molecule has 2 aromatic heterocycles. The lowest BCUT2D eigenvalue weighted by Gasteiger charge is -2.03. The molecule has 0 bridgehead atoms. The fraction of sp³-hybridized carbons (Fsp3) is 0.385. The van der Waals surface area contributed by atoms with E-state index in [0.29, 0.717) is 11.6 Å². The topological polar surface area (TPSA) is 55.1 Å². The summed E-state index contributed by atoms with van der Waals surface area (Å²) >= 11 is 4.86. The summed E-state index contributed by atoms with van der Waals surface area (Å²) in [5.74, 6) is -0.368. The Labute approximate surface area is 124 Å². The molecule has 0 saturated heterocycles. The Balaban J connectivity index is 2.33. The molecule has 0 saturated carbocycles. The third-order valence-corrected chi connectivity index (χ3v) is 4.43. The quantitative estimate of drug-likeness (QED) is 0.889. The number of aryl methyl sites for hydroxylation is 1. The molecule has 0 radical (unpaired) electrons. The second kappa shape index (κ2) is 5.88. The van der Waals surface area contributed by atoms with Crippen molar-refractivity contribution in [1.82, 2.24) is 9.78 Å². The maximum atomic E-state index is 11.3. The van der Waals surface area contributed by atoms with E-state index < -0.39 is 5.97 Å². The smallest absolute Gasteiger partial charge is 0.339 e. The van der Waals surface area contributed by atoms with Gasteiger partial charge in [0.05, 0.1) is 4.88 Å². The highest BCUT2D eigenvalue weighted by molar-refractivity contribution is 9.10. The highest BCUT2D eigenvalue weighted by Gasteiger charge is 2.18. The van der Waals surface area contributed by atoms with E-state index in [1.165, 1.54) is 11.3 Å². The molecule has 4 nitrogen and oxygen atoms in total. The minimum Gasteiger partial charge on any atom is -0.478 e. The van der Waals surface area contributed by atoms with Gasteiger partial charge in [0.25, 0.3) is 0 Å². The fourth-order valence-corrected chi connectivity index (χ4v) is 3.13. The average molecular weight is 343 g/mol. The van der Waals surface area contributed by atoms with Crippen LogP contribution in [0, 0.1) is 5.92 Å². The van der Waals surface area contributed by atoms with Crippen molar-refractivity contribution >= 4 is 33.2 Å². The van der Waals surface area contributed by atoms with Crippen molar-refractivity contribution in [2.24, 2.45) is 5.92 Å². The van der Waals surface area contributed by atoms with Crippen molar-refractivity contribution in [3.8, 4) is 10.6 Å². The van der Waals surface area contributed by atoms with Gasteiger partial charge in [0.15, 0.2) is 0 Å². The van der Waals surface area contributed by atoms with Crippen molar-refractivity contribution in [3.63, 3.8) is 0 Å². The van der Waals surface area contributed by atoms with Crippen LogP contribution in [0.4, 0.5) is 0 Å². The SMILES string of the molecule is CC(C)CCn1cc(C(=O)O)c(-c2cc(Br)cs2)n1. The van der Waals surface area contributed by atoms with Gasteiger partial charge in [-0.25, -0.2) is 4.79 Å². The Morgan fingerprint density at radius 3 is 2.84 bits per heavy atom. The zero-order chi connectivity index (χ0) is 14.0.